The molecule has 7 nitrogen and oxygen atoms in total. The zero-order valence-corrected chi connectivity index (χ0v) is 15.6. The first-order valence-electron chi connectivity index (χ1n) is 7.55. The van der Waals surface area contributed by atoms with E-state index in [0.717, 1.165) is 10.7 Å². The van der Waals surface area contributed by atoms with Crippen LogP contribution in [0.3, 0.4) is 0 Å². The van der Waals surface area contributed by atoms with Crippen molar-refractivity contribution in [3.8, 4) is 0 Å². The number of aromatic nitrogens is 1. The molecule has 8 heteroatoms. The largest absolute Gasteiger partial charge is 0.444 e. The van der Waals surface area contributed by atoms with Crippen molar-refractivity contribution in [3.63, 3.8) is 0 Å². The Balaban J connectivity index is 2.27. The maximum Gasteiger partial charge on any atom is 0.407 e. The summed E-state index contributed by atoms with van der Waals surface area (Å²) in [5.41, 5.74) is 0.557. The second kappa shape index (κ2) is 8.71. The number of guanidine groups is 1. The fourth-order valence-corrected chi connectivity index (χ4v) is 2.66. The number of rotatable bonds is 5. The minimum atomic E-state index is -0.486. The molecule has 1 aromatic heterocycles. The van der Waals surface area contributed by atoms with E-state index in [0.29, 0.717) is 25.6 Å². The fraction of sp³-hybridized carbons (Fsp3) is 0.667. The van der Waals surface area contributed by atoms with Crippen molar-refractivity contribution < 1.29 is 9.53 Å². The maximum absolute atomic E-state index is 11.5. The normalized spacial score (nSPS) is 12.0. The van der Waals surface area contributed by atoms with Crippen molar-refractivity contribution in [2.75, 3.05) is 20.1 Å². The van der Waals surface area contributed by atoms with Crippen LogP contribution in [0.4, 0.5) is 4.79 Å². The van der Waals surface area contributed by atoms with Crippen molar-refractivity contribution in [1.29, 1.82) is 0 Å². The lowest BCUT2D eigenvalue weighted by Gasteiger charge is -2.19. The lowest BCUT2D eigenvalue weighted by molar-refractivity contribution is 0.0529. The van der Waals surface area contributed by atoms with Crippen molar-refractivity contribution in [3.05, 3.63) is 15.6 Å². The number of thiazole rings is 1. The predicted octanol–water partition coefficient (Wildman–Crippen LogP) is 1.95. The molecule has 1 heterocycles. The number of hydrogen-bond donors (Lipinski definition) is 3. The Bertz CT molecular complexity index is 549. The Kier molecular flexibility index (Phi) is 7.28. The van der Waals surface area contributed by atoms with Gasteiger partial charge in [0.05, 0.1) is 17.2 Å². The molecule has 23 heavy (non-hydrogen) atoms. The number of aryl methyl sites for hydroxylation is 2. The Morgan fingerprint density at radius 2 is 1.87 bits per heavy atom. The van der Waals surface area contributed by atoms with Crippen LogP contribution in [-0.4, -0.2) is 42.8 Å². The van der Waals surface area contributed by atoms with Gasteiger partial charge in [0.2, 0.25) is 0 Å². The molecular weight excluding hydrogens is 314 g/mol. The number of amides is 1. The van der Waals surface area contributed by atoms with E-state index < -0.39 is 11.7 Å². The van der Waals surface area contributed by atoms with Gasteiger partial charge in [-0.15, -0.1) is 11.3 Å². The second-order valence-electron chi connectivity index (χ2n) is 6.02. The highest BCUT2D eigenvalue weighted by Gasteiger charge is 2.15. The number of carbonyl (C=O) groups is 1. The van der Waals surface area contributed by atoms with Gasteiger partial charge in [0, 0.05) is 25.0 Å². The second-order valence-corrected chi connectivity index (χ2v) is 7.31. The highest BCUT2D eigenvalue weighted by molar-refractivity contribution is 7.11. The zero-order chi connectivity index (χ0) is 17.5. The first-order valence-corrected chi connectivity index (χ1v) is 8.37. The topological polar surface area (TPSA) is 87.6 Å². The summed E-state index contributed by atoms with van der Waals surface area (Å²) in [6.07, 6.45) is -0.419. The van der Waals surface area contributed by atoms with Crippen LogP contribution in [0.2, 0.25) is 0 Å². The molecule has 0 aromatic carbocycles. The molecule has 0 aliphatic carbocycles. The Labute approximate surface area is 141 Å². The van der Waals surface area contributed by atoms with E-state index in [1.54, 1.807) is 18.4 Å². The molecule has 0 aliphatic rings. The summed E-state index contributed by atoms with van der Waals surface area (Å²) in [6.45, 7) is 11.2. The van der Waals surface area contributed by atoms with E-state index in [2.05, 4.69) is 25.9 Å². The Morgan fingerprint density at radius 1 is 1.22 bits per heavy atom. The molecule has 0 aliphatic heterocycles. The molecule has 1 aromatic rings. The van der Waals surface area contributed by atoms with E-state index >= 15 is 0 Å². The number of hydrogen-bond acceptors (Lipinski definition) is 5. The molecule has 3 N–H and O–H groups in total. The van der Waals surface area contributed by atoms with E-state index in [9.17, 15) is 4.79 Å². The van der Waals surface area contributed by atoms with Gasteiger partial charge < -0.3 is 20.7 Å². The summed E-state index contributed by atoms with van der Waals surface area (Å²) >= 11 is 1.67. The molecule has 0 saturated carbocycles. The average Bonchev–Trinajstić information content (AvgIpc) is 2.74. The first-order chi connectivity index (χ1) is 10.7. The van der Waals surface area contributed by atoms with Crippen LogP contribution < -0.4 is 16.0 Å². The van der Waals surface area contributed by atoms with Crippen LogP contribution in [0.15, 0.2) is 4.99 Å². The maximum atomic E-state index is 11.5. The van der Waals surface area contributed by atoms with E-state index in [1.165, 1.54) is 4.88 Å². The minimum Gasteiger partial charge on any atom is -0.444 e. The number of aliphatic imine (C=N–C) groups is 1. The SMILES string of the molecule is CN=C(NCCNC(=O)OC(C)(C)C)NCc1sc(C)nc1C. The van der Waals surface area contributed by atoms with Crippen molar-refractivity contribution in [2.24, 2.45) is 4.99 Å². The summed E-state index contributed by atoms with van der Waals surface area (Å²) in [4.78, 5) is 21.2. The lowest BCUT2D eigenvalue weighted by Crippen LogP contribution is -2.42. The smallest absolute Gasteiger partial charge is 0.407 e. The molecule has 0 radical (unpaired) electrons. The predicted molar refractivity (Wildman–Crippen MR) is 94.0 cm³/mol. The van der Waals surface area contributed by atoms with E-state index in [1.807, 2.05) is 34.6 Å². The summed E-state index contributed by atoms with van der Waals surface area (Å²) in [5.74, 6) is 0.682. The van der Waals surface area contributed by atoms with E-state index in [-0.39, 0.29) is 0 Å². The van der Waals surface area contributed by atoms with Gasteiger partial charge >= 0.3 is 6.09 Å². The Hall–Kier alpha value is -1.83. The summed E-state index contributed by atoms with van der Waals surface area (Å²) in [7, 11) is 1.71. The van der Waals surface area contributed by atoms with Gasteiger partial charge in [-0.25, -0.2) is 9.78 Å². The van der Waals surface area contributed by atoms with Crippen molar-refractivity contribution >= 4 is 23.4 Å². The number of alkyl carbamates (subject to hydrolysis) is 1. The molecule has 0 saturated heterocycles. The van der Waals surface area contributed by atoms with Gasteiger partial charge in [0.25, 0.3) is 0 Å². The minimum absolute atomic E-state index is 0.419. The number of nitrogens with one attached hydrogen (secondary N) is 3. The highest BCUT2D eigenvalue weighted by atomic mass is 32.1. The molecule has 0 atom stereocenters. The Morgan fingerprint density at radius 3 is 2.39 bits per heavy atom. The summed E-state index contributed by atoms with van der Waals surface area (Å²) < 4.78 is 5.16. The average molecular weight is 341 g/mol. The molecule has 0 unspecified atom stereocenters. The molecule has 130 valence electrons. The van der Waals surface area contributed by atoms with Crippen LogP contribution >= 0.6 is 11.3 Å². The van der Waals surface area contributed by atoms with Gasteiger partial charge in [0.15, 0.2) is 5.96 Å². The monoisotopic (exact) mass is 341 g/mol. The van der Waals surface area contributed by atoms with Gasteiger partial charge in [-0.3, -0.25) is 4.99 Å². The van der Waals surface area contributed by atoms with Crippen LogP contribution in [0.25, 0.3) is 0 Å². The fourth-order valence-electron chi connectivity index (χ4n) is 1.78. The number of carbonyl (C=O) groups excluding carboxylic acids is 1. The number of ether oxygens (including phenoxy) is 1. The molecule has 0 fully saturated rings. The molecule has 0 spiro atoms. The summed E-state index contributed by atoms with van der Waals surface area (Å²) in [5, 5.41) is 10.1. The van der Waals surface area contributed by atoms with Crippen LogP contribution in [0.1, 0.15) is 36.3 Å². The standard InChI is InChI=1S/C15H27N5O2S/c1-10-12(23-11(2)20-10)9-19-13(16-6)17-7-8-18-14(21)22-15(3,4)5/h7-9H2,1-6H3,(H,18,21)(H2,16,17,19). The van der Waals surface area contributed by atoms with E-state index in [4.69, 9.17) is 4.74 Å². The van der Waals surface area contributed by atoms with Crippen LogP contribution in [0, 0.1) is 13.8 Å². The molecule has 1 amide bonds. The third kappa shape index (κ3) is 7.83. The third-order valence-electron chi connectivity index (χ3n) is 2.73. The van der Waals surface area contributed by atoms with Crippen molar-refractivity contribution in [2.45, 2.75) is 46.8 Å². The van der Waals surface area contributed by atoms with Gasteiger partial charge in [-0.2, -0.15) is 0 Å². The molecule has 0 bridgehead atoms. The summed E-state index contributed by atoms with van der Waals surface area (Å²) in [6, 6.07) is 0. The van der Waals surface area contributed by atoms with Crippen molar-refractivity contribution in [1.82, 2.24) is 20.9 Å². The van der Waals surface area contributed by atoms with Gasteiger partial charge in [-0.1, -0.05) is 0 Å². The van der Waals surface area contributed by atoms with Gasteiger partial charge in [-0.05, 0) is 34.6 Å². The number of nitrogens with zero attached hydrogens (tertiary/aromatic N) is 2. The first kappa shape index (κ1) is 19.2. The highest BCUT2D eigenvalue weighted by Crippen LogP contribution is 2.16. The zero-order valence-electron chi connectivity index (χ0n) is 14.7. The third-order valence-corrected chi connectivity index (χ3v) is 3.80. The van der Waals surface area contributed by atoms with Crippen LogP contribution in [0.5, 0.6) is 0 Å². The van der Waals surface area contributed by atoms with Crippen LogP contribution in [-0.2, 0) is 11.3 Å². The van der Waals surface area contributed by atoms with Gasteiger partial charge in [0.1, 0.15) is 5.60 Å². The molecule has 1 rings (SSSR count). The quantitative estimate of drug-likeness (QED) is 0.433. The molecular formula is C15H27N5O2S. The lowest BCUT2D eigenvalue weighted by atomic mass is 10.2.